The summed E-state index contributed by atoms with van der Waals surface area (Å²) in [5.41, 5.74) is 2.19. The third-order valence-electron chi connectivity index (χ3n) is 3.29. The van der Waals surface area contributed by atoms with Crippen molar-refractivity contribution >= 4 is 40.9 Å². The summed E-state index contributed by atoms with van der Waals surface area (Å²) >= 11 is 11.7. The summed E-state index contributed by atoms with van der Waals surface area (Å²) in [6.07, 6.45) is 0. The second-order valence-electron chi connectivity index (χ2n) is 4.72. The number of carbonyl (C=O) groups is 3. The number of para-hydroxylation sites is 1. The van der Waals surface area contributed by atoms with Crippen molar-refractivity contribution in [3.63, 3.8) is 0 Å². The highest BCUT2D eigenvalue weighted by atomic mass is 35.5. The maximum atomic E-state index is 12.2. The van der Waals surface area contributed by atoms with Crippen LogP contribution >= 0.6 is 23.2 Å². The SMILES string of the molecule is O=C(NN1C(=O)c2cc(Cl)c(Cl)cc2C1=O)c1ccccc1O. The minimum Gasteiger partial charge on any atom is -0.507 e. The fourth-order valence-corrected chi connectivity index (χ4v) is 2.49. The Morgan fingerprint density at radius 3 is 2.04 bits per heavy atom. The third kappa shape index (κ3) is 2.52. The number of halogens is 2. The lowest BCUT2D eigenvalue weighted by Gasteiger charge is -2.15. The highest BCUT2D eigenvalue weighted by molar-refractivity contribution is 6.43. The Balaban J connectivity index is 1.91. The van der Waals surface area contributed by atoms with E-state index in [0.717, 1.165) is 0 Å². The molecule has 0 bridgehead atoms. The number of hydrogen-bond donors (Lipinski definition) is 2. The summed E-state index contributed by atoms with van der Waals surface area (Å²) in [7, 11) is 0. The first-order valence-electron chi connectivity index (χ1n) is 6.37. The summed E-state index contributed by atoms with van der Waals surface area (Å²) in [4.78, 5) is 36.6. The highest BCUT2D eigenvalue weighted by Crippen LogP contribution is 2.31. The molecule has 0 aromatic heterocycles. The maximum absolute atomic E-state index is 12.2. The molecule has 0 radical (unpaired) electrons. The van der Waals surface area contributed by atoms with E-state index in [1.807, 2.05) is 0 Å². The van der Waals surface area contributed by atoms with Crippen LogP contribution in [0.25, 0.3) is 0 Å². The van der Waals surface area contributed by atoms with Crippen LogP contribution in [-0.4, -0.2) is 27.8 Å². The molecule has 0 saturated heterocycles. The van der Waals surface area contributed by atoms with Gasteiger partial charge in [-0.15, -0.1) is 0 Å². The van der Waals surface area contributed by atoms with Crippen molar-refractivity contribution in [2.45, 2.75) is 0 Å². The van der Waals surface area contributed by atoms with E-state index >= 15 is 0 Å². The average Bonchev–Trinajstić information content (AvgIpc) is 2.73. The van der Waals surface area contributed by atoms with Gasteiger partial charge in [-0.2, -0.15) is 5.01 Å². The Bertz CT molecular complexity index is 826. The Hall–Kier alpha value is -2.57. The number of phenolic OH excluding ortho intramolecular Hbond substituents is 1. The number of aromatic hydroxyl groups is 1. The molecule has 23 heavy (non-hydrogen) atoms. The molecule has 3 rings (SSSR count). The highest BCUT2D eigenvalue weighted by Gasteiger charge is 2.38. The standard InChI is InChI=1S/C15H8Cl2N2O4/c16-10-5-8-9(6-11(10)17)15(23)19(14(8)22)18-13(21)7-3-1-2-4-12(7)20/h1-6,20H,(H,18,21). The van der Waals surface area contributed by atoms with Crippen molar-refractivity contribution in [1.82, 2.24) is 10.4 Å². The van der Waals surface area contributed by atoms with E-state index in [4.69, 9.17) is 23.2 Å². The number of amides is 3. The van der Waals surface area contributed by atoms with Crippen LogP contribution < -0.4 is 5.43 Å². The quantitative estimate of drug-likeness (QED) is 0.815. The first kappa shape index (κ1) is 15.3. The van der Waals surface area contributed by atoms with E-state index in [2.05, 4.69) is 5.43 Å². The number of hydrazine groups is 1. The predicted octanol–water partition coefficient (Wildman–Crippen LogP) is 2.64. The van der Waals surface area contributed by atoms with Crippen molar-refractivity contribution in [1.29, 1.82) is 0 Å². The van der Waals surface area contributed by atoms with Crippen LogP contribution in [-0.2, 0) is 0 Å². The molecule has 1 aliphatic heterocycles. The summed E-state index contributed by atoms with van der Waals surface area (Å²) in [5, 5.41) is 10.5. The van der Waals surface area contributed by atoms with E-state index in [1.54, 1.807) is 0 Å². The van der Waals surface area contributed by atoms with Crippen LogP contribution in [0.5, 0.6) is 5.75 Å². The average molecular weight is 351 g/mol. The van der Waals surface area contributed by atoms with Crippen LogP contribution in [0.2, 0.25) is 10.0 Å². The normalized spacial score (nSPS) is 13.2. The van der Waals surface area contributed by atoms with E-state index < -0.39 is 17.7 Å². The molecule has 6 nitrogen and oxygen atoms in total. The molecule has 116 valence electrons. The molecule has 1 heterocycles. The van der Waals surface area contributed by atoms with Crippen LogP contribution in [0.15, 0.2) is 36.4 Å². The molecule has 0 saturated carbocycles. The fourth-order valence-electron chi connectivity index (χ4n) is 2.16. The van der Waals surface area contributed by atoms with Crippen molar-refractivity contribution in [2.75, 3.05) is 0 Å². The zero-order valence-electron chi connectivity index (χ0n) is 11.3. The minimum absolute atomic E-state index is 0.0435. The lowest BCUT2D eigenvalue weighted by molar-refractivity contribution is 0.0517. The fraction of sp³-hybridized carbons (Fsp3) is 0. The maximum Gasteiger partial charge on any atom is 0.280 e. The van der Waals surface area contributed by atoms with Gasteiger partial charge in [-0.3, -0.25) is 19.8 Å². The van der Waals surface area contributed by atoms with Crippen LogP contribution in [0, 0.1) is 0 Å². The molecule has 2 aromatic rings. The van der Waals surface area contributed by atoms with Gasteiger partial charge in [-0.1, -0.05) is 35.3 Å². The smallest absolute Gasteiger partial charge is 0.280 e. The molecule has 0 spiro atoms. The number of nitrogens with zero attached hydrogens (tertiary/aromatic N) is 1. The Kier molecular flexibility index (Phi) is 3.71. The Morgan fingerprint density at radius 2 is 1.52 bits per heavy atom. The van der Waals surface area contributed by atoms with Gasteiger partial charge in [0.2, 0.25) is 0 Å². The molecule has 1 aliphatic rings. The zero-order chi connectivity index (χ0) is 16.7. The summed E-state index contributed by atoms with van der Waals surface area (Å²) < 4.78 is 0. The second kappa shape index (κ2) is 5.57. The van der Waals surface area contributed by atoms with Crippen molar-refractivity contribution in [3.05, 3.63) is 63.1 Å². The molecule has 0 aliphatic carbocycles. The summed E-state index contributed by atoms with van der Waals surface area (Å²) in [6.45, 7) is 0. The van der Waals surface area contributed by atoms with Crippen molar-refractivity contribution < 1.29 is 19.5 Å². The van der Waals surface area contributed by atoms with E-state index in [0.29, 0.717) is 5.01 Å². The van der Waals surface area contributed by atoms with Gasteiger partial charge in [0, 0.05) is 0 Å². The first-order valence-corrected chi connectivity index (χ1v) is 7.12. The minimum atomic E-state index is -0.796. The lowest BCUT2D eigenvalue weighted by Crippen LogP contribution is -2.45. The summed E-state index contributed by atoms with van der Waals surface area (Å²) in [5.74, 6) is -2.53. The topological polar surface area (TPSA) is 86.7 Å². The van der Waals surface area contributed by atoms with Gasteiger partial charge in [0.1, 0.15) is 5.75 Å². The molecule has 0 fully saturated rings. The van der Waals surface area contributed by atoms with E-state index in [-0.39, 0.29) is 32.5 Å². The van der Waals surface area contributed by atoms with Crippen LogP contribution in [0.3, 0.4) is 0 Å². The second-order valence-corrected chi connectivity index (χ2v) is 5.53. The van der Waals surface area contributed by atoms with Gasteiger partial charge in [0.15, 0.2) is 0 Å². The van der Waals surface area contributed by atoms with Crippen molar-refractivity contribution in [3.8, 4) is 5.75 Å². The summed E-state index contributed by atoms with van der Waals surface area (Å²) in [6, 6.07) is 8.29. The number of imide groups is 1. The van der Waals surface area contributed by atoms with Gasteiger partial charge < -0.3 is 5.11 Å². The first-order chi connectivity index (χ1) is 10.9. The number of hydrogen-bond acceptors (Lipinski definition) is 4. The Morgan fingerprint density at radius 1 is 1.00 bits per heavy atom. The number of carbonyl (C=O) groups excluding carboxylic acids is 3. The molecule has 3 amide bonds. The van der Waals surface area contributed by atoms with Gasteiger partial charge >= 0.3 is 0 Å². The third-order valence-corrected chi connectivity index (χ3v) is 4.01. The molecular weight excluding hydrogens is 343 g/mol. The van der Waals surface area contributed by atoms with E-state index in [1.165, 1.54) is 36.4 Å². The zero-order valence-corrected chi connectivity index (χ0v) is 12.9. The number of nitrogens with one attached hydrogen (secondary N) is 1. The monoisotopic (exact) mass is 350 g/mol. The van der Waals surface area contributed by atoms with E-state index in [9.17, 15) is 19.5 Å². The molecule has 0 unspecified atom stereocenters. The molecular formula is C15H8Cl2N2O4. The predicted molar refractivity (Wildman–Crippen MR) is 82.5 cm³/mol. The number of benzene rings is 2. The van der Waals surface area contributed by atoms with Crippen LogP contribution in [0.4, 0.5) is 0 Å². The number of fused-ring (bicyclic) bond motifs is 1. The van der Waals surface area contributed by atoms with Gasteiger partial charge in [-0.05, 0) is 24.3 Å². The van der Waals surface area contributed by atoms with Gasteiger partial charge in [0.25, 0.3) is 17.7 Å². The van der Waals surface area contributed by atoms with Crippen LogP contribution in [0.1, 0.15) is 31.1 Å². The molecule has 8 heteroatoms. The lowest BCUT2D eigenvalue weighted by atomic mass is 10.1. The molecule has 2 aromatic carbocycles. The van der Waals surface area contributed by atoms with Gasteiger partial charge in [-0.25, -0.2) is 0 Å². The molecule has 2 N–H and O–H groups in total. The van der Waals surface area contributed by atoms with Crippen molar-refractivity contribution in [2.24, 2.45) is 0 Å². The Labute approximate surface area is 140 Å². The van der Waals surface area contributed by atoms with Gasteiger partial charge in [0.05, 0.1) is 26.7 Å². The molecule has 0 atom stereocenters. The largest absolute Gasteiger partial charge is 0.507 e. The number of rotatable bonds is 2. The number of phenols is 1.